The zero-order chi connectivity index (χ0) is 18.4. The molecule has 5 nitrogen and oxygen atoms in total. The van der Waals surface area contributed by atoms with Crippen LogP contribution in [0.4, 0.5) is 5.82 Å². The maximum absolute atomic E-state index is 12.8. The number of anilines is 1. The zero-order valence-electron chi connectivity index (χ0n) is 14.3. The fraction of sp³-hybridized carbons (Fsp3) is 0.0909. The molecule has 1 aromatic heterocycles. The molecule has 0 bridgehead atoms. The van der Waals surface area contributed by atoms with Crippen LogP contribution in [-0.4, -0.2) is 21.8 Å². The van der Waals surface area contributed by atoms with E-state index in [-0.39, 0.29) is 11.8 Å². The average Bonchev–Trinajstić information content (AvgIpc) is 3.04. The number of hydrogen-bond acceptors (Lipinski definition) is 5. The third-order valence-corrected chi connectivity index (χ3v) is 4.98. The smallest absolute Gasteiger partial charge is 0.192 e. The Morgan fingerprint density at radius 3 is 2.44 bits per heavy atom. The van der Waals surface area contributed by atoms with Gasteiger partial charge < -0.3 is 4.90 Å². The summed E-state index contributed by atoms with van der Waals surface area (Å²) in [5.41, 5.74) is 3.44. The van der Waals surface area contributed by atoms with Crippen molar-refractivity contribution in [2.45, 2.75) is 12.0 Å². The molecule has 0 N–H and O–H groups in total. The fourth-order valence-corrected chi connectivity index (χ4v) is 3.66. The minimum atomic E-state index is -0.472. The summed E-state index contributed by atoms with van der Waals surface area (Å²) in [7, 11) is 0. The Bertz CT molecular complexity index is 1170. The number of carbonyl (C=O) groups excluding carboxylic acids is 1. The number of hydrogen-bond donors (Lipinski definition) is 0. The van der Waals surface area contributed by atoms with Gasteiger partial charge in [0.05, 0.1) is 23.1 Å². The van der Waals surface area contributed by atoms with Crippen LogP contribution in [0.15, 0.2) is 78.5 Å². The highest BCUT2D eigenvalue weighted by atomic mass is 16.1. The minimum Gasteiger partial charge on any atom is -0.323 e. The second-order valence-electron chi connectivity index (χ2n) is 6.56. The van der Waals surface area contributed by atoms with Crippen molar-refractivity contribution in [3.8, 4) is 6.07 Å². The molecule has 0 spiro atoms. The van der Waals surface area contributed by atoms with E-state index in [0.29, 0.717) is 22.6 Å². The van der Waals surface area contributed by atoms with Crippen molar-refractivity contribution in [1.82, 2.24) is 9.97 Å². The molecular formula is C22H14N4O. The summed E-state index contributed by atoms with van der Waals surface area (Å²) in [6.45, 7) is 0. The molecule has 3 aromatic rings. The first-order valence-corrected chi connectivity index (χ1v) is 8.70. The summed E-state index contributed by atoms with van der Waals surface area (Å²) < 4.78 is 0. The van der Waals surface area contributed by atoms with Gasteiger partial charge in [-0.25, -0.2) is 9.97 Å². The molecule has 5 heteroatoms. The Kier molecular flexibility index (Phi) is 3.37. The van der Waals surface area contributed by atoms with Gasteiger partial charge in [-0.3, -0.25) is 4.79 Å². The summed E-state index contributed by atoms with van der Waals surface area (Å²) >= 11 is 0. The van der Waals surface area contributed by atoms with Gasteiger partial charge in [0, 0.05) is 17.3 Å². The molecule has 0 amide bonds. The number of aromatic nitrogens is 2. The van der Waals surface area contributed by atoms with Crippen molar-refractivity contribution in [1.29, 1.82) is 5.26 Å². The van der Waals surface area contributed by atoms with E-state index < -0.39 is 5.92 Å². The molecule has 0 radical (unpaired) electrons. The lowest BCUT2D eigenvalue weighted by atomic mass is 9.94. The molecule has 128 valence electrons. The van der Waals surface area contributed by atoms with Crippen LogP contribution in [0.3, 0.4) is 0 Å². The summed E-state index contributed by atoms with van der Waals surface area (Å²) in [4.78, 5) is 24.1. The molecule has 0 fully saturated rings. The van der Waals surface area contributed by atoms with Crippen LogP contribution in [0.25, 0.3) is 11.0 Å². The van der Waals surface area contributed by atoms with E-state index >= 15 is 0 Å². The molecule has 2 aliphatic rings. The van der Waals surface area contributed by atoms with Crippen LogP contribution >= 0.6 is 0 Å². The van der Waals surface area contributed by atoms with E-state index in [4.69, 9.17) is 4.98 Å². The molecule has 27 heavy (non-hydrogen) atoms. The Morgan fingerprint density at radius 2 is 1.70 bits per heavy atom. The first-order chi connectivity index (χ1) is 13.3. The Labute approximate surface area is 155 Å². The number of allylic oxidation sites excluding steroid dienone is 2. The van der Waals surface area contributed by atoms with Crippen molar-refractivity contribution >= 4 is 22.6 Å². The predicted molar refractivity (Wildman–Crippen MR) is 102 cm³/mol. The Morgan fingerprint density at radius 1 is 1.00 bits per heavy atom. The molecule has 0 saturated carbocycles. The van der Waals surface area contributed by atoms with Gasteiger partial charge in [-0.2, -0.15) is 5.26 Å². The number of nitrogens with zero attached hydrogens (tertiary/aromatic N) is 4. The maximum atomic E-state index is 12.8. The van der Waals surface area contributed by atoms with Crippen molar-refractivity contribution in [3.63, 3.8) is 0 Å². The third kappa shape index (κ3) is 2.35. The molecule has 2 aromatic carbocycles. The summed E-state index contributed by atoms with van der Waals surface area (Å²) in [5, 5.41) is 9.78. The topological polar surface area (TPSA) is 69.9 Å². The lowest BCUT2D eigenvalue weighted by Gasteiger charge is -2.25. The van der Waals surface area contributed by atoms with E-state index in [9.17, 15) is 10.1 Å². The molecule has 0 saturated heterocycles. The lowest BCUT2D eigenvalue weighted by molar-refractivity contribution is 0.103. The number of fused-ring (bicyclic) bond motifs is 4. The normalized spacial score (nSPS) is 20.0. The SMILES string of the molecule is N#C[C@@H]1c2nc3ccccc3nc2N2C=CC(C(=O)c3ccccc3)=C[C@@H]12. The van der Waals surface area contributed by atoms with Crippen LogP contribution < -0.4 is 4.90 Å². The number of ketones is 1. The highest BCUT2D eigenvalue weighted by molar-refractivity contribution is 6.11. The predicted octanol–water partition coefficient (Wildman–Crippen LogP) is 3.76. The standard InChI is InChI=1S/C22H14N4O/c23-13-16-19-12-15(21(27)14-6-2-1-3-7-14)10-11-26(19)22-20(16)24-17-8-4-5-9-18(17)25-22/h1-12,16,19H/t16-,19-/m0/s1. The van der Waals surface area contributed by atoms with Gasteiger partial charge in [-0.1, -0.05) is 42.5 Å². The second kappa shape index (κ2) is 5.89. The fourth-order valence-electron chi connectivity index (χ4n) is 3.66. The zero-order valence-corrected chi connectivity index (χ0v) is 14.3. The number of carbonyl (C=O) groups is 1. The number of benzene rings is 2. The van der Waals surface area contributed by atoms with Crippen LogP contribution in [0, 0.1) is 11.3 Å². The van der Waals surface area contributed by atoms with Gasteiger partial charge in [-0.15, -0.1) is 0 Å². The summed E-state index contributed by atoms with van der Waals surface area (Å²) in [6.07, 6.45) is 5.48. The van der Waals surface area contributed by atoms with E-state index in [1.165, 1.54) is 0 Å². The minimum absolute atomic E-state index is 0.0507. The van der Waals surface area contributed by atoms with Crippen molar-refractivity contribution in [2.75, 3.05) is 4.90 Å². The Balaban J connectivity index is 1.59. The first kappa shape index (κ1) is 15.5. The summed E-state index contributed by atoms with van der Waals surface area (Å²) in [6, 6.07) is 18.8. The number of para-hydroxylation sites is 2. The van der Waals surface area contributed by atoms with Gasteiger partial charge in [0.15, 0.2) is 11.6 Å². The van der Waals surface area contributed by atoms with Crippen molar-refractivity contribution in [3.05, 3.63) is 89.8 Å². The van der Waals surface area contributed by atoms with Crippen LogP contribution in [0.5, 0.6) is 0 Å². The van der Waals surface area contributed by atoms with Crippen LogP contribution in [-0.2, 0) is 0 Å². The highest BCUT2D eigenvalue weighted by Gasteiger charge is 2.41. The molecular weight excluding hydrogens is 336 g/mol. The van der Waals surface area contributed by atoms with Crippen LogP contribution in [0.1, 0.15) is 22.0 Å². The second-order valence-corrected chi connectivity index (χ2v) is 6.56. The maximum Gasteiger partial charge on any atom is 0.192 e. The largest absolute Gasteiger partial charge is 0.323 e. The van der Waals surface area contributed by atoms with Gasteiger partial charge in [0.25, 0.3) is 0 Å². The molecule has 0 aliphatic carbocycles. The molecule has 0 unspecified atom stereocenters. The van der Waals surface area contributed by atoms with Crippen molar-refractivity contribution < 1.29 is 4.79 Å². The number of Topliss-reactive ketones (excluding diaryl/α,β-unsaturated/α-hetero) is 1. The quantitative estimate of drug-likeness (QED) is 0.658. The monoisotopic (exact) mass is 350 g/mol. The molecule has 2 aliphatic heterocycles. The Hall–Kier alpha value is -3.78. The first-order valence-electron chi connectivity index (χ1n) is 8.70. The summed E-state index contributed by atoms with van der Waals surface area (Å²) in [5.74, 6) is 0.162. The molecule has 5 rings (SSSR count). The van der Waals surface area contributed by atoms with E-state index in [0.717, 1.165) is 11.0 Å². The van der Waals surface area contributed by atoms with Gasteiger partial charge in [0.2, 0.25) is 0 Å². The van der Waals surface area contributed by atoms with E-state index in [1.54, 1.807) is 18.2 Å². The third-order valence-electron chi connectivity index (χ3n) is 4.98. The lowest BCUT2D eigenvalue weighted by Crippen LogP contribution is -2.31. The van der Waals surface area contributed by atoms with E-state index in [1.807, 2.05) is 59.6 Å². The number of nitriles is 1. The molecule has 2 atom stereocenters. The van der Waals surface area contributed by atoms with Crippen molar-refractivity contribution in [2.24, 2.45) is 0 Å². The van der Waals surface area contributed by atoms with Gasteiger partial charge in [-0.05, 0) is 24.3 Å². The average molecular weight is 350 g/mol. The van der Waals surface area contributed by atoms with E-state index in [2.05, 4.69) is 11.1 Å². The molecule has 3 heterocycles. The van der Waals surface area contributed by atoms with Gasteiger partial charge in [0.1, 0.15) is 11.6 Å². The van der Waals surface area contributed by atoms with Crippen LogP contribution in [0.2, 0.25) is 0 Å². The highest BCUT2D eigenvalue weighted by Crippen LogP contribution is 2.42. The van der Waals surface area contributed by atoms with Gasteiger partial charge >= 0.3 is 0 Å². The number of rotatable bonds is 2.